The molecule has 0 aliphatic heterocycles. The molecule has 0 saturated heterocycles. The number of benzene rings is 1. The van der Waals surface area contributed by atoms with E-state index in [2.05, 4.69) is 19.2 Å². The highest BCUT2D eigenvalue weighted by molar-refractivity contribution is 5.87. The predicted octanol–water partition coefficient (Wildman–Crippen LogP) is 3.69. The Morgan fingerprint density at radius 1 is 1.35 bits per heavy atom. The lowest BCUT2D eigenvalue weighted by atomic mass is 9.77. The maximum Gasteiger partial charge on any atom is 0.335 e. The van der Waals surface area contributed by atoms with Crippen molar-refractivity contribution in [1.29, 1.82) is 0 Å². The molecule has 2 rings (SSSR count). The molecule has 0 spiro atoms. The highest BCUT2D eigenvalue weighted by Gasteiger charge is 2.31. The monoisotopic (exact) mass is 275 g/mol. The molecule has 1 aliphatic carbocycles. The Labute approximate surface area is 121 Å². The van der Waals surface area contributed by atoms with E-state index < -0.39 is 5.97 Å². The van der Waals surface area contributed by atoms with Crippen molar-refractivity contribution in [2.75, 3.05) is 6.54 Å². The second kappa shape index (κ2) is 6.40. The van der Waals surface area contributed by atoms with Crippen LogP contribution in [-0.2, 0) is 6.54 Å². The molecule has 1 fully saturated rings. The third-order valence-corrected chi connectivity index (χ3v) is 4.54. The topological polar surface area (TPSA) is 49.3 Å². The lowest BCUT2D eigenvalue weighted by molar-refractivity contribution is 0.0696. The molecule has 1 aliphatic rings. The van der Waals surface area contributed by atoms with Crippen molar-refractivity contribution >= 4 is 5.97 Å². The Morgan fingerprint density at radius 2 is 2.05 bits per heavy atom. The third-order valence-electron chi connectivity index (χ3n) is 4.54. The summed E-state index contributed by atoms with van der Waals surface area (Å²) in [6, 6.07) is 7.16. The van der Waals surface area contributed by atoms with Crippen LogP contribution in [0.15, 0.2) is 24.3 Å². The van der Waals surface area contributed by atoms with Crippen molar-refractivity contribution in [3.8, 4) is 0 Å². The fourth-order valence-electron chi connectivity index (χ4n) is 3.19. The van der Waals surface area contributed by atoms with Crippen LogP contribution in [0.2, 0.25) is 0 Å². The van der Waals surface area contributed by atoms with Crippen LogP contribution in [-0.4, -0.2) is 17.6 Å². The number of hydrogen-bond donors (Lipinski definition) is 2. The fraction of sp³-hybridized carbons (Fsp3) is 0.588. The van der Waals surface area contributed by atoms with Crippen LogP contribution in [0.1, 0.15) is 55.5 Å². The summed E-state index contributed by atoms with van der Waals surface area (Å²) in [5, 5.41) is 12.5. The molecular weight excluding hydrogens is 250 g/mol. The largest absolute Gasteiger partial charge is 0.478 e. The van der Waals surface area contributed by atoms with Gasteiger partial charge in [0.05, 0.1) is 5.56 Å². The van der Waals surface area contributed by atoms with Gasteiger partial charge in [-0.15, -0.1) is 0 Å². The summed E-state index contributed by atoms with van der Waals surface area (Å²) >= 11 is 0. The maximum atomic E-state index is 10.9. The highest BCUT2D eigenvalue weighted by atomic mass is 16.4. The van der Waals surface area contributed by atoms with Gasteiger partial charge in [-0.2, -0.15) is 0 Å². The number of carboxylic acid groups (broad SMARTS) is 1. The Bertz CT molecular complexity index is 462. The summed E-state index contributed by atoms with van der Waals surface area (Å²) in [4.78, 5) is 10.9. The molecule has 0 atom stereocenters. The molecule has 2 N–H and O–H groups in total. The van der Waals surface area contributed by atoms with E-state index in [9.17, 15) is 4.79 Å². The molecule has 1 aromatic rings. The van der Waals surface area contributed by atoms with E-state index in [4.69, 9.17) is 5.11 Å². The number of hydrogen-bond acceptors (Lipinski definition) is 2. The molecule has 0 radical (unpaired) electrons. The highest BCUT2D eigenvalue weighted by Crippen LogP contribution is 2.39. The molecule has 0 unspecified atom stereocenters. The Kier molecular flexibility index (Phi) is 4.81. The summed E-state index contributed by atoms with van der Waals surface area (Å²) in [5.74, 6) is -0.0431. The minimum absolute atomic E-state index is 0.320. The SMILES string of the molecule is CC(C)(CNCc1cccc(C(=O)O)c1)C1CCCC1. The van der Waals surface area contributed by atoms with Crippen molar-refractivity contribution in [3.63, 3.8) is 0 Å². The van der Waals surface area contributed by atoms with Gasteiger partial charge in [0.1, 0.15) is 0 Å². The summed E-state index contributed by atoms with van der Waals surface area (Å²) < 4.78 is 0. The molecule has 0 aromatic heterocycles. The van der Waals surface area contributed by atoms with Gasteiger partial charge in [0, 0.05) is 13.1 Å². The first-order valence-electron chi connectivity index (χ1n) is 7.52. The lowest BCUT2D eigenvalue weighted by Gasteiger charge is -2.32. The first-order valence-corrected chi connectivity index (χ1v) is 7.52. The summed E-state index contributed by atoms with van der Waals surface area (Å²) in [6.45, 7) is 6.39. The normalized spacial score (nSPS) is 16.5. The maximum absolute atomic E-state index is 10.9. The van der Waals surface area contributed by atoms with Gasteiger partial charge in [0.25, 0.3) is 0 Å². The fourth-order valence-corrected chi connectivity index (χ4v) is 3.19. The minimum atomic E-state index is -0.863. The van der Waals surface area contributed by atoms with E-state index in [0.29, 0.717) is 11.0 Å². The number of rotatable bonds is 6. The van der Waals surface area contributed by atoms with Crippen LogP contribution in [0.25, 0.3) is 0 Å². The second-order valence-electron chi connectivity index (χ2n) is 6.58. The predicted molar refractivity (Wildman–Crippen MR) is 80.8 cm³/mol. The first-order chi connectivity index (χ1) is 9.49. The smallest absolute Gasteiger partial charge is 0.335 e. The quantitative estimate of drug-likeness (QED) is 0.832. The van der Waals surface area contributed by atoms with E-state index in [1.54, 1.807) is 12.1 Å². The third kappa shape index (κ3) is 3.83. The summed E-state index contributed by atoms with van der Waals surface area (Å²) in [5.41, 5.74) is 1.72. The number of aromatic carboxylic acids is 1. The zero-order valence-corrected chi connectivity index (χ0v) is 12.5. The molecule has 110 valence electrons. The Balaban J connectivity index is 1.86. The van der Waals surface area contributed by atoms with E-state index in [0.717, 1.165) is 24.6 Å². The van der Waals surface area contributed by atoms with E-state index in [1.807, 2.05) is 12.1 Å². The number of nitrogens with one attached hydrogen (secondary N) is 1. The number of carbonyl (C=O) groups is 1. The Morgan fingerprint density at radius 3 is 2.70 bits per heavy atom. The van der Waals surface area contributed by atoms with Gasteiger partial charge in [-0.3, -0.25) is 0 Å². The van der Waals surface area contributed by atoms with Crippen LogP contribution in [0.3, 0.4) is 0 Å². The molecule has 1 saturated carbocycles. The molecule has 20 heavy (non-hydrogen) atoms. The van der Waals surface area contributed by atoms with Crippen LogP contribution < -0.4 is 5.32 Å². The first kappa shape index (κ1) is 15.0. The molecule has 3 nitrogen and oxygen atoms in total. The average molecular weight is 275 g/mol. The summed E-state index contributed by atoms with van der Waals surface area (Å²) in [6.07, 6.45) is 5.44. The van der Waals surface area contributed by atoms with Crippen molar-refractivity contribution in [2.24, 2.45) is 11.3 Å². The molecule has 0 amide bonds. The van der Waals surface area contributed by atoms with Crippen LogP contribution in [0.5, 0.6) is 0 Å². The molecule has 0 heterocycles. The van der Waals surface area contributed by atoms with Gasteiger partial charge >= 0.3 is 5.97 Å². The second-order valence-corrected chi connectivity index (χ2v) is 6.58. The zero-order chi connectivity index (χ0) is 14.6. The number of carboxylic acids is 1. The van der Waals surface area contributed by atoms with Gasteiger partial charge in [-0.1, -0.05) is 38.8 Å². The van der Waals surface area contributed by atoms with Crippen LogP contribution in [0.4, 0.5) is 0 Å². The van der Waals surface area contributed by atoms with Crippen LogP contribution in [0, 0.1) is 11.3 Å². The van der Waals surface area contributed by atoms with Gasteiger partial charge in [0.2, 0.25) is 0 Å². The molecule has 3 heteroatoms. The van der Waals surface area contributed by atoms with E-state index in [-0.39, 0.29) is 0 Å². The zero-order valence-electron chi connectivity index (χ0n) is 12.5. The van der Waals surface area contributed by atoms with E-state index in [1.165, 1.54) is 25.7 Å². The Hall–Kier alpha value is -1.35. The molecule has 0 bridgehead atoms. The van der Waals surface area contributed by atoms with Crippen LogP contribution >= 0.6 is 0 Å². The van der Waals surface area contributed by atoms with Gasteiger partial charge in [-0.05, 0) is 41.9 Å². The lowest BCUT2D eigenvalue weighted by Crippen LogP contribution is -2.34. The standard InChI is InChI=1S/C17H25NO2/c1-17(2,15-8-3-4-9-15)12-18-11-13-6-5-7-14(10-13)16(19)20/h5-7,10,15,18H,3-4,8-9,11-12H2,1-2H3,(H,19,20). The van der Waals surface area contributed by atoms with Crippen molar-refractivity contribution in [1.82, 2.24) is 5.32 Å². The average Bonchev–Trinajstić information content (AvgIpc) is 2.93. The minimum Gasteiger partial charge on any atom is -0.478 e. The van der Waals surface area contributed by atoms with Crippen molar-refractivity contribution in [2.45, 2.75) is 46.1 Å². The van der Waals surface area contributed by atoms with Gasteiger partial charge < -0.3 is 10.4 Å². The van der Waals surface area contributed by atoms with Crippen molar-refractivity contribution < 1.29 is 9.90 Å². The van der Waals surface area contributed by atoms with Gasteiger partial charge in [0.15, 0.2) is 0 Å². The summed E-state index contributed by atoms with van der Waals surface area (Å²) in [7, 11) is 0. The van der Waals surface area contributed by atoms with Crippen molar-refractivity contribution in [3.05, 3.63) is 35.4 Å². The van der Waals surface area contributed by atoms with Gasteiger partial charge in [-0.25, -0.2) is 4.79 Å². The molecular formula is C17H25NO2. The molecule has 1 aromatic carbocycles. The van der Waals surface area contributed by atoms with E-state index >= 15 is 0 Å².